The zero-order chi connectivity index (χ0) is 16.2. The van der Waals surface area contributed by atoms with Gasteiger partial charge in [0.2, 0.25) is 5.96 Å². The lowest BCUT2D eigenvalue weighted by Gasteiger charge is -2.08. The summed E-state index contributed by atoms with van der Waals surface area (Å²) in [6.07, 6.45) is 8.44. The van der Waals surface area contributed by atoms with Crippen LogP contribution in [0.25, 0.3) is 0 Å². The molecule has 22 heavy (non-hydrogen) atoms. The Hall–Kier alpha value is -2.62. The number of hydrogen-bond donors (Lipinski definition) is 3. The molecular weight excluding hydrogens is 282 g/mol. The van der Waals surface area contributed by atoms with Gasteiger partial charge < -0.3 is 10.4 Å². The van der Waals surface area contributed by atoms with E-state index in [0.29, 0.717) is 18.9 Å². The lowest BCUT2D eigenvalue weighted by molar-refractivity contribution is -0.141. The number of nitriles is 1. The molecule has 0 aliphatic carbocycles. The zero-order valence-electron chi connectivity index (χ0n) is 12.6. The molecule has 0 aliphatic rings. The SMILES string of the molecule is C[C@@H](CCCCCN=C(NC#N)Nc1ccncc1)C(=O)O. The fourth-order valence-electron chi connectivity index (χ4n) is 1.79. The number of carboxylic acid groups (broad SMARTS) is 1. The van der Waals surface area contributed by atoms with Crippen LogP contribution >= 0.6 is 0 Å². The van der Waals surface area contributed by atoms with E-state index in [9.17, 15) is 4.79 Å². The standard InChI is InChI=1S/C15H21N5O2/c1-12(14(21)22)5-3-2-4-8-18-15(19-11-16)20-13-6-9-17-10-7-13/h6-7,9-10,12H,2-5,8H2,1H3,(H,21,22)(H2,17,18,19,20)/t12-/m0/s1. The van der Waals surface area contributed by atoms with E-state index >= 15 is 0 Å². The van der Waals surface area contributed by atoms with E-state index in [1.54, 1.807) is 31.5 Å². The first-order chi connectivity index (χ1) is 10.6. The maximum absolute atomic E-state index is 10.7. The van der Waals surface area contributed by atoms with E-state index in [-0.39, 0.29) is 5.92 Å². The number of hydrogen-bond acceptors (Lipinski definition) is 4. The second-order valence-electron chi connectivity index (χ2n) is 4.92. The topological polar surface area (TPSA) is 110 Å². The monoisotopic (exact) mass is 303 g/mol. The highest BCUT2D eigenvalue weighted by Gasteiger charge is 2.09. The first-order valence-corrected chi connectivity index (χ1v) is 7.23. The minimum atomic E-state index is -0.750. The Bertz CT molecular complexity index is 524. The highest BCUT2D eigenvalue weighted by atomic mass is 16.4. The van der Waals surface area contributed by atoms with Gasteiger partial charge in [0.05, 0.1) is 5.92 Å². The fourth-order valence-corrected chi connectivity index (χ4v) is 1.79. The summed E-state index contributed by atoms with van der Waals surface area (Å²) in [7, 11) is 0. The van der Waals surface area contributed by atoms with Gasteiger partial charge in [-0.2, -0.15) is 5.26 Å². The molecule has 3 N–H and O–H groups in total. The quantitative estimate of drug-likeness (QED) is 0.223. The molecular formula is C15H21N5O2. The van der Waals surface area contributed by atoms with Gasteiger partial charge in [0.15, 0.2) is 6.19 Å². The summed E-state index contributed by atoms with van der Waals surface area (Å²) in [5, 5.41) is 23.0. The molecule has 0 fully saturated rings. The van der Waals surface area contributed by atoms with E-state index in [1.165, 1.54) is 0 Å². The number of carboxylic acids is 1. The number of carbonyl (C=O) groups is 1. The smallest absolute Gasteiger partial charge is 0.306 e. The zero-order valence-corrected chi connectivity index (χ0v) is 12.6. The van der Waals surface area contributed by atoms with Crippen molar-refractivity contribution >= 4 is 17.6 Å². The van der Waals surface area contributed by atoms with E-state index < -0.39 is 5.97 Å². The minimum absolute atomic E-state index is 0.298. The number of unbranched alkanes of at least 4 members (excludes halogenated alkanes) is 2. The van der Waals surface area contributed by atoms with Crippen LogP contribution in [-0.4, -0.2) is 28.6 Å². The predicted octanol–water partition coefficient (Wildman–Crippen LogP) is 2.20. The van der Waals surface area contributed by atoms with Crippen LogP contribution in [0.5, 0.6) is 0 Å². The van der Waals surface area contributed by atoms with E-state index in [2.05, 4.69) is 20.6 Å². The molecule has 0 saturated carbocycles. The summed E-state index contributed by atoms with van der Waals surface area (Å²) in [4.78, 5) is 18.9. The molecule has 1 aromatic heterocycles. The van der Waals surface area contributed by atoms with E-state index in [0.717, 1.165) is 24.9 Å². The summed E-state index contributed by atoms with van der Waals surface area (Å²) in [5.41, 5.74) is 0.798. The van der Waals surface area contributed by atoms with Crippen LogP contribution in [0.4, 0.5) is 5.69 Å². The van der Waals surface area contributed by atoms with Crippen LogP contribution in [0.1, 0.15) is 32.6 Å². The maximum Gasteiger partial charge on any atom is 0.306 e. The number of pyridine rings is 1. The number of aliphatic carboxylic acids is 1. The number of nitrogens with zero attached hydrogens (tertiary/aromatic N) is 3. The van der Waals surface area contributed by atoms with Crippen molar-refractivity contribution in [2.24, 2.45) is 10.9 Å². The summed E-state index contributed by atoms with van der Waals surface area (Å²) >= 11 is 0. The van der Waals surface area contributed by atoms with Gasteiger partial charge >= 0.3 is 5.97 Å². The molecule has 1 aromatic rings. The number of aromatic nitrogens is 1. The lowest BCUT2D eigenvalue weighted by atomic mass is 10.0. The van der Waals surface area contributed by atoms with Crippen molar-refractivity contribution in [3.8, 4) is 6.19 Å². The predicted molar refractivity (Wildman–Crippen MR) is 84.2 cm³/mol. The molecule has 7 heteroatoms. The van der Waals surface area contributed by atoms with Gasteiger partial charge in [-0.25, -0.2) is 0 Å². The first-order valence-electron chi connectivity index (χ1n) is 7.23. The van der Waals surface area contributed by atoms with Crippen molar-refractivity contribution < 1.29 is 9.90 Å². The Morgan fingerprint density at radius 3 is 2.77 bits per heavy atom. The number of nitrogens with one attached hydrogen (secondary N) is 2. The average Bonchev–Trinajstić information content (AvgIpc) is 2.51. The summed E-state index contributed by atoms with van der Waals surface area (Å²) < 4.78 is 0. The Kier molecular flexibility index (Phi) is 8.05. The van der Waals surface area contributed by atoms with Gasteiger partial charge in [-0.1, -0.05) is 19.8 Å². The molecule has 0 saturated heterocycles. The summed E-state index contributed by atoms with van der Waals surface area (Å²) in [6.45, 7) is 2.29. The van der Waals surface area contributed by atoms with Gasteiger partial charge in [0.1, 0.15) is 0 Å². The average molecular weight is 303 g/mol. The molecule has 0 aliphatic heterocycles. The second kappa shape index (κ2) is 10.2. The Morgan fingerprint density at radius 1 is 1.41 bits per heavy atom. The molecule has 7 nitrogen and oxygen atoms in total. The third-order valence-electron chi connectivity index (χ3n) is 3.10. The number of guanidine groups is 1. The normalized spacial score (nSPS) is 12.3. The minimum Gasteiger partial charge on any atom is -0.481 e. The maximum atomic E-state index is 10.7. The van der Waals surface area contributed by atoms with Crippen molar-refractivity contribution in [3.05, 3.63) is 24.5 Å². The number of aliphatic imine (C=N–C) groups is 1. The molecule has 0 radical (unpaired) electrons. The van der Waals surface area contributed by atoms with Gasteiger partial charge in [-0.15, -0.1) is 0 Å². The summed E-state index contributed by atoms with van der Waals surface area (Å²) in [5.74, 6) is -0.652. The van der Waals surface area contributed by atoms with Gasteiger partial charge in [-0.3, -0.25) is 20.1 Å². The van der Waals surface area contributed by atoms with E-state index in [4.69, 9.17) is 10.4 Å². The van der Waals surface area contributed by atoms with Crippen molar-refractivity contribution in [2.75, 3.05) is 11.9 Å². The van der Waals surface area contributed by atoms with Crippen molar-refractivity contribution in [3.63, 3.8) is 0 Å². The Balaban J connectivity index is 2.31. The third-order valence-corrected chi connectivity index (χ3v) is 3.10. The molecule has 0 unspecified atom stereocenters. The Labute approximate surface area is 130 Å². The highest BCUT2D eigenvalue weighted by molar-refractivity contribution is 5.94. The molecule has 118 valence electrons. The Morgan fingerprint density at radius 2 is 2.14 bits per heavy atom. The van der Waals surface area contributed by atoms with Crippen LogP contribution in [0.15, 0.2) is 29.5 Å². The van der Waals surface area contributed by atoms with Gasteiger partial charge in [-0.05, 0) is 25.0 Å². The number of rotatable bonds is 8. The van der Waals surface area contributed by atoms with Crippen LogP contribution in [-0.2, 0) is 4.79 Å². The van der Waals surface area contributed by atoms with Crippen molar-refractivity contribution in [1.82, 2.24) is 10.3 Å². The van der Waals surface area contributed by atoms with Crippen molar-refractivity contribution in [2.45, 2.75) is 32.6 Å². The summed E-state index contributed by atoms with van der Waals surface area (Å²) in [6, 6.07) is 3.56. The lowest BCUT2D eigenvalue weighted by Crippen LogP contribution is -2.27. The van der Waals surface area contributed by atoms with Gasteiger partial charge in [0, 0.05) is 24.6 Å². The fraction of sp³-hybridized carbons (Fsp3) is 0.467. The molecule has 0 aromatic carbocycles. The highest BCUT2D eigenvalue weighted by Crippen LogP contribution is 2.09. The molecule has 0 amide bonds. The molecule has 0 spiro atoms. The molecule has 1 rings (SSSR count). The second-order valence-corrected chi connectivity index (χ2v) is 4.92. The molecule has 0 bridgehead atoms. The third kappa shape index (κ3) is 7.24. The van der Waals surface area contributed by atoms with Crippen LogP contribution < -0.4 is 10.6 Å². The first kappa shape index (κ1) is 17.4. The molecule has 1 heterocycles. The molecule has 1 atom stereocenters. The van der Waals surface area contributed by atoms with Crippen LogP contribution in [0.3, 0.4) is 0 Å². The van der Waals surface area contributed by atoms with Crippen LogP contribution in [0, 0.1) is 17.4 Å². The largest absolute Gasteiger partial charge is 0.481 e. The van der Waals surface area contributed by atoms with Gasteiger partial charge in [0.25, 0.3) is 0 Å². The van der Waals surface area contributed by atoms with Crippen molar-refractivity contribution in [1.29, 1.82) is 5.26 Å². The van der Waals surface area contributed by atoms with E-state index in [1.807, 2.05) is 6.19 Å². The van der Waals surface area contributed by atoms with Crippen LogP contribution in [0.2, 0.25) is 0 Å². The number of anilines is 1.